The van der Waals surface area contributed by atoms with Crippen molar-refractivity contribution in [3.05, 3.63) is 84.0 Å². The van der Waals surface area contributed by atoms with Crippen molar-refractivity contribution in [2.24, 2.45) is 0 Å². The zero-order chi connectivity index (χ0) is 24.4. The first-order chi connectivity index (χ1) is 16.6. The fourth-order valence-electron chi connectivity index (χ4n) is 2.71. The quantitative estimate of drug-likeness (QED) is 0.140. The third-order valence-electron chi connectivity index (χ3n) is 4.72. The first-order valence-electron chi connectivity index (χ1n) is 11.7. The third-order valence-corrected chi connectivity index (χ3v) is 4.72. The molecule has 2 aromatic rings. The molecule has 0 aliphatic heterocycles. The Morgan fingerprint density at radius 3 is 1.38 bits per heavy atom. The van der Waals surface area contributed by atoms with Crippen LogP contribution in [0.1, 0.15) is 50.7 Å². The Morgan fingerprint density at radius 1 is 0.647 bits per heavy atom. The van der Waals surface area contributed by atoms with Crippen molar-refractivity contribution in [3.8, 4) is 11.5 Å². The van der Waals surface area contributed by atoms with Crippen LogP contribution in [0.15, 0.2) is 72.8 Å². The molecule has 0 atom stereocenters. The van der Waals surface area contributed by atoms with Crippen molar-refractivity contribution in [1.29, 1.82) is 0 Å². The second-order valence-electron chi connectivity index (χ2n) is 7.63. The molecule has 0 aliphatic carbocycles. The van der Waals surface area contributed by atoms with Crippen molar-refractivity contribution in [2.45, 2.75) is 52.7 Å². The van der Waals surface area contributed by atoms with E-state index in [1.54, 1.807) is 0 Å². The fourth-order valence-corrected chi connectivity index (χ4v) is 2.71. The van der Waals surface area contributed by atoms with Crippen molar-refractivity contribution in [1.82, 2.24) is 0 Å². The Bertz CT molecular complexity index is 835. The molecule has 2 rings (SSSR count). The largest absolute Gasteiger partial charge is 0.494 e. The van der Waals surface area contributed by atoms with Crippen LogP contribution >= 0.6 is 0 Å². The Labute approximate surface area is 202 Å². The van der Waals surface area contributed by atoms with Gasteiger partial charge in [0.25, 0.3) is 0 Å². The average Bonchev–Trinajstić information content (AvgIpc) is 2.86. The maximum atomic E-state index is 11.8. The van der Waals surface area contributed by atoms with Crippen LogP contribution in [0.3, 0.4) is 0 Å². The highest BCUT2D eigenvalue weighted by molar-refractivity contribution is 5.84. The van der Waals surface area contributed by atoms with Gasteiger partial charge in [-0.1, -0.05) is 63.1 Å². The molecule has 6 nitrogen and oxygen atoms in total. The number of allylic oxidation sites excluding steroid dienone is 2. The van der Waals surface area contributed by atoms with E-state index in [-0.39, 0.29) is 13.2 Å². The minimum atomic E-state index is -0.498. The lowest BCUT2D eigenvalue weighted by atomic mass is 10.2. The number of unbranched alkanes of at least 4 members (excludes halogenated alkanes) is 2. The van der Waals surface area contributed by atoms with Crippen LogP contribution in [0.25, 0.3) is 0 Å². The highest BCUT2D eigenvalue weighted by Crippen LogP contribution is 2.14. The number of benzene rings is 2. The van der Waals surface area contributed by atoms with Gasteiger partial charge in [0, 0.05) is 12.2 Å². The molecule has 2 aromatic carbocycles. The number of ether oxygens (including phenoxy) is 4. The Morgan fingerprint density at radius 2 is 1.03 bits per heavy atom. The van der Waals surface area contributed by atoms with Gasteiger partial charge in [0.15, 0.2) is 0 Å². The van der Waals surface area contributed by atoms with E-state index >= 15 is 0 Å². The summed E-state index contributed by atoms with van der Waals surface area (Å²) >= 11 is 0. The summed E-state index contributed by atoms with van der Waals surface area (Å²) in [7, 11) is 0. The highest BCUT2D eigenvalue weighted by atomic mass is 16.5. The number of esters is 2. The SMILES string of the molecule is CCCCOc1ccc(COC(=O)/C=C\C=C/C(=O)OCc2ccc(OCCCC)cc2)cc1. The third kappa shape index (κ3) is 11.4. The molecule has 0 bridgehead atoms. The van der Waals surface area contributed by atoms with Gasteiger partial charge < -0.3 is 18.9 Å². The number of carbonyl (C=O) groups is 2. The van der Waals surface area contributed by atoms with Crippen molar-refractivity contribution in [3.63, 3.8) is 0 Å². The molecular formula is C28H34O6. The molecule has 6 heteroatoms. The summed E-state index contributed by atoms with van der Waals surface area (Å²) in [6, 6.07) is 14.9. The van der Waals surface area contributed by atoms with E-state index in [1.165, 1.54) is 24.3 Å². The lowest BCUT2D eigenvalue weighted by molar-refractivity contribution is -0.140. The molecule has 0 unspecified atom stereocenters. The predicted molar refractivity (Wildman–Crippen MR) is 132 cm³/mol. The highest BCUT2D eigenvalue weighted by Gasteiger charge is 2.01. The van der Waals surface area contributed by atoms with Gasteiger partial charge in [-0.05, 0) is 48.2 Å². The lowest BCUT2D eigenvalue weighted by Crippen LogP contribution is -2.02. The Hall–Kier alpha value is -3.54. The Balaban J connectivity index is 1.64. The molecule has 0 aliphatic rings. The average molecular weight is 467 g/mol. The molecule has 0 aromatic heterocycles. The second-order valence-corrected chi connectivity index (χ2v) is 7.63. The molecule has 0 N–H and O–H groups in total. The van der Waals surface area contributed by atoms with Crippen LogP contribution in [-0.2, 0) is 32.3 Å². The van der Waals surface area contributed by atoms with Gasteiger partial charge in [-0.15, -0.1) is 0 Å². The molecule has 0 saturated heterocycles. The van der Waals surface area contributed by atoms with E-state index in [1.807, 2.05) is 48.5 Å². The molecular weight excluding hydrogens is 432 g/mol. The predicted octanol–water partition coefficient (Wildman–Crippen LogP) is 5.94. The molecule has 0 radical (unpaired) electrons. The summed E-state index contributed by atoms with van der Waals surface area (Å²) in [4.78, 5) is 23.7. The van der Waals surface area contributed by atoms with E-state index in [0.717, 1.165) is 48.3 Å². The number of hydrogen-bond donors (Lipinski definition) is 0. The molecule has 0 spiro atoms. The molecule has 0 fully saturated rings. The van der Waals surface area contributed by atoms with Crippen LogP contribution in [0.5, 0.6) is 11.5 Å². The summed E-state index contributed by atoms with van der Waals surface area (Å²) < 4.78 is 21.6. The summed E-state index contributed by atoms with van der Waals surface area (Å²) in [6.07, 6.45) is 9.59. The van der Waals surface area contributed by atoms with E-state index in [4.69, 9.17) is 18.9 Å². The summed E-state index contributed by atoms with van der Waals surface area (Å²) in [5.41, 5.74) is 1.73. The number of carbonyl (C=O) groups excluding carboxylic acids is 2. The number of hydrogen-bond acceptors (Lipinski definition) is 6. The molecule has 182 valence electrons. The van der Waals surface area contributed by atoms with Gasteiger partial charge >= 0.3 is 11.9 Å². The first-order valence-corrected chi connectivity index (χ1v) is 11.7. The smallest absolute Gasteiger partial charge is 0.331 e. The van der Waals surface area contributed by atoms with Crippen LogP contribution in [0, 0.1) is 0 Å². The maximum Gasteiger partial charge on any atom is 0.331 e. The van der Waals surface area contributed by atoms with E-state index in [0.29, 0.717) is 13.2 Å². The monoisotopic (exact) mass is 466 g/mol. The summed E-state index contributed by atoms with van der Waals surface area (Å²) in [5.74, 6) is 0.604. The summed E-state index contributed by atoms with van der Waals surface area (Å²) in [5, 5.41) is 0. The van der Waals surface area contributed by atoms with Gasteiger partial charge in [-0.3, -0.25) is 0 Å². The minimum Gasteiger partial charge on any atom is -0.494 e. The van der Waals surface area contributed by atoms with Crippen molar-refractivity contribution in [2.75, 3.05) is 13.2 Å². The van der Waals surface area contributed by atoms with Crippen molar-refractivity contribution >= 4 is 11.9 Å². The van der Waals surface area contributed by atoms with E-state index in [2.05, 4.69) is 13.8 Å². The van der Waals surface area contributed by atoms with Gasteiger partial charge in [-0.25, -0.2) is 9.59 Å². The van der Waals surface area contributed by atoms with Crippen molar-refractivity contribution < 1.29 is 28.5 Å². The standard InChI is InChI=1S/C28H34O6/c1-3-5-19-31-25-15-11-23(12-16-25)21-33-27(29)9-7-8-10-28(30)34-22-24-13-17-26(18-14-24)32-20-6-4-2/h7-18H,3-6,19-22H2,1-2H3/b9-7-,10-8-. The second kappa shape index (κ2) is 16.1. The van der Waals surface area contributed by atoms with Gasteiger partial charge in [-0.2, -0.15) is 0 Å². The molecule has 0 saturated carbocycles. The normalized spacial score (nSPS) is 11.0. The van der Waals surface area contributed by atoms with Gasteiger partial charge in [0.1, 0.15) is 24.7 Å². The zero-order valence-electron chi connectivity index (χ0n) is 20.0. The fraction of sp³-hybridized carbons (Fsp3) is 0.357. The molecule has 0 heterocycles. The molecule has 0 amide bonds. The summed E-state index contributed by atoms with van der Waals surface area (Å²) in [6.45, 7) is 5.93. The molecule has 34 heavy (non-hydrogen) atoms. The van der Waals surface area contributed by atoms with Crippen LogP contribution < -0.4 is 9.47 Å². The van der Waals surface area contributed by atoms with Gasteiger partial charge in [0.05, 0.1) is 13.2 Å². The topological polar surface area (TPSA) is 71.1 Å². The van der Waals surface area contributed by atoms with Crippen LogP contribution in [-0.4, -0.2) is 25.2 Å². The maximum absolute atomic E-state index is 11.8. The minimum absolute atomic E-state index is 0.159. The van der Waals surface area contributed by atoms with E-state index in [9.17, 15) is 9.59 Å². The van der Waals surface area contributed by atoms with Gasteiger partial charge in [0.2, 0.25) is 0 Å². The van der Waals surface area contributed by atoms with Crippen LogP contribution in [0.4, 0.5) is 0 Å². The van der Waals surface area contributed by atoms with Crippen LogP contribution in [0.2, 0.25) is 0 Å². The first kappa shape index (κ1) is 26.7. The number of rotatable bonds is 15. The van der Waals surface area contributed by atoms with E-state index < -0.39 is 11.9 Å². The Kier molecular flexibility index (Phi) is 12.7. The zero-order valence-corrected chi connectivity index (χ0v) is 20.0. The lowest BCUT2D eigenvalue weighted by Gasteiger charge is -2.07.